The van der Waals surface area contributed by atoms with Crippen molar-refractivity contribution >= 4 is 11.8 Å². The van der Waals surface area contributed by atoms with Crippen molar-refractivity contribution in [2.75, 3.05) is 20.2 Å². The largest absolute Gasteiger partial charge is 0.493 e. The molecule has 3 heterocycles. The molecule has 0 saturated carbocycles. The summed E-state index contributed by atoms with van der Waals surface area (Å²) in [6.45, 7) is 3.55. The molecule has 2 saturated heterocycles. The molecule has 3 aliphatic heterocycles. The van der Waals surface area contributed by atoms with Crippen LogP contribution in [-0.4, -0.2) is 47.9 Å². The number of rotatable bonds is 3. The van der Waals surface area contributed by atoms with Crippen LogP contribution >= 0.6 is 0 Å². The van der Waals surface area contributed by atoms with E-state index in [1.54, 1.807) is 6.08 Å². The first-order valence-electron chi connectivity index (χ1n) is 7.04. The number of piperazine rings is 1. The molecule has 3 rings (SSSR count). The van der Waals surface area contributed by atoms with Gasteiger partial charge in [0.2, 0.25) is 0 Å². The Morgan fingerprint density at radius 1 is 1.50 bits per heavy atom. The van der Waals surface area contributed by atoms with E-state index >= 15 is 0 Å². The van der Waals surface area contributed by atoms with E-state index in [0.717, 1.165) is 38.0 Å². The van der Waals surface area contributed by atoms with Crippen molar-refractivity contribution in [1.29, 1.82) is 0 Å². The first-order chi connectivity index (χ1) is 9.71. The molecule has 0 aliphatic carbocycles. The molecule has 0 bridgehead atoms. The first kappa shape index (κ1) is 13.0. The number of nitrogens with zero attached hydrogens (tertiary/aromatic N) is 2. The second kappa shape index (κ2) is 4.84. The molecule has 0 aromatic heterocycles. The minimum absolute atomic E-state index is 0.0415. The maximum atomic E-state index is 12.7. The number of methoxy groups -OCH3 is 1. The average Bonchev–Trinajstić information content (AvgIpc) is 2.86. The lowest BCUT2D eigenvalue weighted by molar-refractivity contribution is -0.132. The van der Waals surface area contributed by atoms with Gasteiger partial charge >= 0.3 is 0 Å². The summed E-state index contributed by atoms with van der Waals surface area (Å²) >= 11 is 0. The van der Waals surface area contributed by atoms with Crippen molar-refractivity contribution in [2.24, 2.45) is 0 Å². The Morgan fingerprint density at radius 2 is 2.30 bits per heavy atom. The summed E-state index contributed by atoms with van der Waals surface area (Å²) in [5, 5.41) is 0. The molecule has 3 aliphatic rings. The summed E-state index contributed by atoms with van der Waals surface area (Å²) in [5.41, 5.74) is 1.90. The third kappa shape index (κ3) is 1.70. The summed E-state index contributed by atoms with van der Waals surface area (Å²) in [6.07, 6.45) is 4.63. The minimum atomic E-state index is -0.0415. The van der Waals surface area contributed by atoms with Crippen LogP contribution in [0.1, 0.15) is 26.2 Å². The van der Waals surface area contributed by atoms with Gasteiger partial charge in [-0.1, -0.05) is 6.92 Å². The Balaban J connectivity index is 2.12. The molecular formula is C15H18N2O3. The zero-order valence-electron chi connectivity index (χ0n) is 11.8. The maximum Gasteiger partial charge on any atom is 0.274 e. The van der Waals surface area contributed by atoms with Gasteiger partial charge in [-0.2, -0.15) is 0 Å². The predicted octanol–water partition coefficient (Wildman–Crippen LogP) is 1.22. The molecule has 0 radical (unpaired) electrons. The van der Waals surface area contributed by atoms with Gasteiger partial charge in [-0.05, 0) is 25.3 Å². The van der Waals surface area contributed by atoms with Crippen LogP contribution in [0.4, 0.5) is 0 Å². The normalized spacial score (nSPS) is 24.7. The molecular weight excluding hydrogens is 256 g/mol. The quantitative estimate of drug-likeness (QED) is 0.726. The van der Waals surface area contributed by atoms with Crippen LogP contribution in [0.15, 0.2) is 28.8 Å². The molecule has 1 amide bonds. The van der Waals surface area contributed by atoms with Gasteiger partial charge in [0.15, 0.2) is 11.5 Å². The Bertz CT molecular complexity index is 570. The van der Waals surface area contributed by atoms with Crippen LogP contribution in [0, 0.1) is 0 Å². The predicted molar refractivity (Wildman–Crippen MR) is 73.1 cm³/mol. The summed E-state index contributed by atoms with van der Waals surface area (Å²) in [4.78, 5) is 27.7. The molecule has 2 fully saturated rings. The van der Waals surface area contributed by atoms with Gasteiger partial charge in [0.25, 0.3) is 5.91 Å². The molecule has 20 heavy (non-hydrogen) atoms. The molecule has 0 N–H and O–H groups in total. The van der Waals surface area contributed by atoms with E-state index in [1.807, 2.05) is 10.8 Å². The Morgan fingerprint density at radius 3 is 2.95 bits per heavy atom. The van der Waals surface area contributed by atoms with E-state index in [0.29, 0.717) is 23.1 Å². The van der Waals surface area contributed by atoms with Crippen molar-refractivity contribution in [1.82, 2.24) is 9.80 Å². The van der Waals surface area contributed by atoms with Gasteiger partial charge in [0, 0.05) is 18.8 Å². The summed E-state index contributed by atoms with van der Waals surface area (Å²) in [5.74, 6) is 2.22. The Kier molecular flexibility index (Phi) is 3.14. The summed E-state index contributed by atoms with van der Waals surface area (Å²) in [7, 11) is 1.50. The second-order valence-electron chi connectivity index (χ2n) is 5.35. The van der Waals surface area contributed by atoms with E-state index in [1.165, 1.54) is 7.11 Å². The number of allylic oxidation sites excluding steroid dienone is 2. The van der Waals surface area contributed by atoms with Crippen molar-refractivity contribution in [3.05, 3.63) is 28.8 Å². The highest BCUT2D eigenvalue weighted by atomic mass is 16.5. The Hall–Kier alpha value is -2.00. The van der Waals surface area contributed by atoms with Crippen LogP contribution in [0.5, 0.6) is 0 Å². The van der Waals surface area contributed by atoms with Crippen LogP contribution < -0.4 is 0 Å². The van der Waals surface area contributed by atoms with Crippen molar-refractivity contribution in [3.63, 3.8) is 0 Å². The van der Waals surface area contributed by atoms with Crippen LogP contribution in [0.25, 0.3) is 0 Å². The summed E-state index contributed by atoms with van der Waals surface area (Å²) in [6, 6.07) is 0.304. The fourth-order valence-electron chi connectivity index (χ4n) is 3.34. The maximum absolute atomic E-state index is 12.7. The first-order valence-corrected chi connectivity index (χ1v) is 7.04. The monoisotopic (exact) mass is 274 g/mol. The third-order valence-corrected chi connectivity index (χ3v) is 4.15. The molecule has 5 nitrogen and oxygen atoms in total. The van der Waals surface area contributed by atoms with E-state index < -0.39 is 0 Å². The molecule has 1 atom stereocenters. The SMILES string of the molecule is CCCN1CC2CCC3=CC(=C=O)C(OC)=C(C1=O)N32. The summed E-state index contributed by atoms with van der Waals surface area (Å²) < 4.78 is 5.33. The fraction of sp³-hybridized carbons (Fsp3) is 0.533. The number of hydrogen-bond donors (Lipinski definition) is 0. The highest BCUT2D eigenvalue weighted by molar-refractivity contribution is 5.97. The van der Waals surface area contributed by atoms with Gasteiger partial charge in [-0.25, -0.2) is 4.79 Å². The van der Waals surface area contributed by atoms with Crippen molar-refractivity contribution in [2.45, 2.75) is 32.2 Å². The zero-order valence-corrected chi connectivity index (χ0v) is 11.8. The fourth-order valence-corrected chi connectivity index (χ4v) is 3.34. The zero-order chi connectivity index (χ0) is 14.3. The number of ether oxygens (including phenoxy) is 1. The lowest BCUT2D eigenvalue weighted by Crippen LogP contribution is -2.53. The topological polar surface area (TPSA) is 49.9 Å². The molecule has 0 aromatic carbocycles. The van der Waals surface area contributed by atoms with Crippen molar-refractivity contribution < 1.29 is 14.3 Å². The highest BCUT2D eigenvalue weighted by Crippen LogP contribution is 2.42. The van der Waals surface area contributed by atoms with Gasteiger partial charge in [-0.15, -0.1) is 0 Å². The Labute approximate surface area is 118 Å². The smallest absolute Gasteiger partial charge is 0.274 e. The van der Waals surface area contributed by atoms with E-state index in [-0.39, 0.29) is 5.91 Å². The van der Waals surface area contributed by atoms with Gasteiger partial charge in [0.1, 0.15) is 11.5 Å². The van der Waals surface area contributed by atoms with Crippen LogP contribution in [0.2, 0.25) is 0 Å². The van der Waals surface area contributed by atoms with Gasteiger partial charge < -0.3 is 14.5 Å². The molecule has 0 aromatic rings. The number of carbonyl (C=O) groups is 1. The molecule has 5 heteroatoms. The number of carbonyl (C=O) groups excluding carboxylic acids is 2. The van der Waals surface area contributed by atoms with Crippen molar-refractivity contribution in [3.8, 4) is 0 Å². The van der Waals surface area contributed by atoms with E-state index in [2.05, 4.69) is 11.8 Å². The standard InChI is InChI=1S/C15H18N2O3/c1-3-6-16-8-12-5-4-11-7-10(9-18)14(20-2)13(15(16)19)17(11)12/h7,12H,3-6,8H2,1-2H3. The average molecular weight is 274 g/mol. The lowest BCUT2D eigenvalue weighted by Gasteiger charge is -2.42. The van der Waals surface area contributed by atoms with Crippen LogP contribution in [-0.2, 0) is 14.3 Å². The lowest BCUT2D eigenvalue weighted by atomic mass is 10.0. The molecule has 0 spiro atoms. The number of hydrogen-bond acceptors (Lipinski definition) is 4. The highest BCUT2D eigenvalue weighted by Gasteiger charge is 2.45. The van der Waals surface area contributed by atoms with E-state index in [4.69, 9.17) is 4.74 Å². The molecule has 1 unspecified atom stereocenters. The second-order valence-corrected chi connectivity index (χ2v) is 5.35. The minimum Gasteiger partial charge on any atom is -0.493 e. The van der Waals surface area contributed by atoms with Gasteiger partial charge in [-0.3, -0.25) is 4.79 Å². The number of amides is 1. The molecule has 106 valence electrons. The third-order valence-electron chi connectivity index (χ3n) is 4.15. The van der Waals surface area contributed by atoms with E-state index in [9.17, 15) is 9.59 Å². The van der Waals surface area contributed by atoms with Gasteiger partial charge in [0.05, 0.1) is 13.2 Å². The van der Waals surface area contributed by atoms with Crippen LogP contribution in [0.3, 0.4) is 0 Å².